The van der Waals surface area contributed by atoms with Crippen molar-refractivity contribution in [2.45, 2.75) is 58.9 Å². The number of hydrogen-bond donors (Lipinski definition) is 1. The molecule has 1 unspecified atom stereocenters. The zero-order valence-corrected chi connectivity index (χ0v) is 18.4. The van der Waals surface area contributed by atoms with E-state index in [0.717, 1.165) is 60.4 Å². The third-order valence-corrected chi connectivity index (χ3v) is 5.65. The van der Waals surface area contributed by atoms with Crippen molar-refractivity contribution in [1.82, 2.24) is 35.4 Å². The summed E-state index contributed by atoms with van der Waals surface area (Å²) < 4.78 is 2.12. The van der Waals surface area contributed by atoms with Gasteiger partial charge in [0.25, 0.3) is 0 Å². The Morgan fingerprint density at radius 2 is 1.77 bits per heavy atom. The molecule has 2 aromatic carbocycles. The van der Waals surface area contributed by atoms with Crippen LogP contribution in [0.5, 0.6) is 0 Å². The topological polar surface area (TPSA) is 85.2 Å². The largest absolute Gasteiger partial charge is 0.247 e. The summed E-state index contributed by atoms with van der Waals surface area (Å²) in [6, 6.07) is 17.1. The quantitative estimate of drug-likeness (QED) is 0.414. The molecule has 2 heterocycles. The molecule has 0 saturated carbocycles. The molecule has 1 N–H and O–H groups in total. The van der Waals surface area contributed by atoms with Gasteiger partial charge in [-0.15, -0.1) is 10.2 Å². The number of aromatic amines is 1. The number of hydrogen-bond acceptors (Lipinski definition) is 5. The average molecular weight is 416 g/mol. The minimum Gasteiger partial charge on any atom is -0.247 e. The lowest BCUT2D eigenvalue weighted by Crippen LogP contribution is -2.11. The minimum absolute atomic E-state index is 0.346. The highest BCUT2D eigenvalue weighted by molar-refractivity contribution is 5.80. The van der Waals surface area contributed by atoms with Gasteiger partial charge < -0.3 is 0 Å². The molecule has 0 aliphatic rings. The second-order valence-electron chi connectivity index (χ2n) is 7.90. The van der Waals surface area contributed by atoms with Gasteiger partial charge in [-0.05, 0) is 41.7 Å². The van der Waals surface area contributed by atoms with Gasteiger partial charge in [0.05, 0.1) is 6.04 Å². The van der Waals surface area contributed by atoms with Crippen molar-refractivity contribution in [3.63, 3.8) is 0 Å². The van der Waals surface area contributed by atoms with E-state index >= 15 is 0 Å². The lowest BCUT2D eigenvalue weighted by atomic mass is 9.98. The van der Waals surface area contributed by atoms with Crippen LogP contribution in [0, 0.1) is 0 Å². The molecule has 0 aliphatic heterocycles. The fourth-order valence-corrected chi connectivity index (χ4v) is 3.68. The second-order valence-corrected chi connectivity index (χ2v) is 7.90. The van der Waals surface area contributed by atoms with Gasteiger partial charge in [0, 0.05) is 18.4 Å². The second kappa shape index (κ2) is 9.64. The van der Waals surface area contributed by atoms with E-state index in [1.165, 1.54) is 5.56 Å². The highest BCUT2D eigenvalue weighted by Crippen LogP contribution is 2.30. The van der Waals surface area contributed by atoms with Gasteiger partial charge in [-0.1, -0.05) is 68.8 Å². The van der Waals surface area contributed by atoms with E-state index in [1.54, 1.807) is 0 Å². The third kappa shape index (κ3) is 4.71. The van der Waals surface area contributed by atoms with Gasteiger partial charge in [0.15, 0.2) is 5.82 Å². The Hall–Kier alpha value is -3.35. The van der Waals surface area contributed by atoms with Crippen LogP contribution in [0.3, 0.4) is 0 Å². The number of H-pyrrole nitrogens is 1. The van der Waals surface area contributed by atoms with Crippen LogP contribution in [-0.2, 0) is 12.8 Å². The first-order valence-corrected chi connectivity index (χ1v) is 11.1. The fraction of sp³-hybridized carbons (Fsp3) is 0.375. The molecule has 0 radical (unpaired) electrons. The van der Waals surface area contributed by atoms with E-state index in [9.17, 15) is 0 Å². The van der Waals surface area contributed by atoms with E-state index < -0.39 is 0 Å². The zero-order valence-electron chi connectivity index (χ0n) is 18.4. The molecule has 0 spiro atoms. The number of benzene rings is 2. The van der Waals surface area contributed by atoms with E-state index in [0.29, 0.717) is 11.9 Å². The SMILES string of the molecule is CCCCc1nc(Cc2ccc(-c3ccccc3-c3nn[nH]n3)cc2)n(C(C)CC)n1. The molecule has 0 aliphatic carbocycles. The Kier molecular flexibility index (Phi) is 6.50. The molecule has 7 heteroatoms. The van der Waals surface area contributed by atoms with Crippen LogP contribution >= 0.6 is 0 Å². The average Bonchev–Trinajstić information content (AvgIpc) is 3.48. The number of unbranched alkanes of at least 4 members (excludes halogenated alkanes) is 1. The van der Waals surface area contributed by atoms with Crippen LogP contribution in [-0.4, -0.2) is 35.4 Å². The van der Waals surface area contributed by atoms with Crippen LogP contribution in [0.1, 0.15) is 63.3 Å². The lowest BCUT2D eigenvalue weighted by Gasteiger charge is -2.12. The summed E-state index contributed by atoms with van der Waals surface area (Å²) in [7, 11) is 0. The first-order chi connectivity index (χ1) is 15.2. The summed E-state index contributed by atoms with van der Waals surface area (Å²) in [5, 5.41) is 19.3. The molecule has 4 rings (SSSR count). The monoisotopic (exact) mass is 415 g/mol. The number of rotatable bonds is 9. The molecule has 7 nitrogen and oxygen atoms in total. The Balaban J connectivity index is 1.58. The van der Waals surface area contributed by atoms with Gasteiger partial charge in [0.1, 0.15) is 5.82 Å². The third-order valence-electron chi connectivity index (χ3n) is 5.65. The molecule has 2 aromatic heterocycles. The minimum atomic E-state index is 0.346. The Bertz CT molecular complexity index is 1100. The lowest BCUT2D eigenvalue weighted by molar-refractivity contribution is 0.457. The smallest absolute Gasteiger partial charge is 0.205 e. The molecule has 0 saturated heterocycles. The van der Waals surface area contributed by atoms with Crippen molar-refractivity contribution < 1.29 is 0 Å². The molecule has 0 amide bonds. The van der Waals surface area contributed by atoms with Crippen LogP contribution in [0.15, 0.2) is 48.5 Å². The van der Waals surface area contributed by atoms with Gasteiger partial charge >= 0.3 is 0 Å². The predicted octanol–water partition coefficient (Wildman–Crippen LogP) is 5.03. The summed E-state index contributed by atoms with van der Waals surface area (Å²) in [4.78, 5) is 4.87. The van der Waals surface area contributed by atoms with Crippen LogP contribution in [0.2, 0.25) is 0 Å². The fourth-order valence-electron chi connectivity index (χ4n) is 3.68. The summed E-state index contributed by atoms with van der Waals surface area (Å²) >= 11 is 0. The van der Waals surface area contributed by atoms with Gasteiger partial charge in [-0.3, -0.25) is 0 Å². The number of tetrazole rings is 1. The highest BCUT2D eigenvalue weighted by atomic mass is 15.5. The van der Waals surface area contributed by atoms with Crippen LogP contribution < -0.4 is 0 Å². The van der Waals surface area contributed by atoms with Gasteiger partial charge in [0.2, 0.25) is 5.82 Å². The van der Waals surface area contributed by atoms with E-state index in [4.69, 9.17) is 10.1 Å². The van der Waals surface area contributed by atoms with Crippen molar-refractivity contribution in [3.05, 3.63) is 65.7 Å². The molecule has 160 valence electrons. The molecule has 1 atom stereocenters. The van der Waals surface area contributed by atoms with Gasteiger partial charge in [-0.25, -0.2) is 9.67 Å². The molecule has 4 aromatic rings. The molecule has 31 heavy (non-hydrogen) atoms. The number of nitrogens with zero attached hydrogens (tertiary/aromatic N) is 6. The van der Waals surface area contributed by atoms with Crippen molar-refractivity contribution in [2.75, 3.05) is 0 Å². The number of aromatic nitrogens is 7. The van der Waals surface area contributed by atoms with Crippen molar-refractivity contribution in [3.8, 4) is 22.5 Å². The highest BCUT2D eigenvalue weighted by Gasteiger charge is 2.15. The summed E-state index contributed by atoms with van der Waals surface area (Å²) in [6.07, 6.45) is 5.03. The van der Waals surface area contributed by atoms with Crippen LogP contribution in [0.4, 0.5) is 0 Å². The molecular formula is C24H29N7. The molecule has 0 fully saturated rings. The summed E-state index contributed by atoms with van der Waals surface area (Å²) in [5.74, 6) is 2.60. The maximum atomic E-state index is 4.87. The number of nitrogens with one attached hydrogen (secondary N) is 1. The maximum Gasteiger partial charge on any atom is 0.205 e. The predicted molar refractivity (Wildman–Crippen MR) is 121 cm³/mol. The molecular weight excluding hydrogens is 386 g/mol. The standard InChI is InChI=1S/C24H29N7/c1-4-6-11-22-25-23(31(28-22)17(3)5-2)16-18-12-14-19(15-13-18)20-9-7-8-10-21(20)24-26-29-30-27-24/h7-10,12-15,17H,4-6,11,16H2,1-3H3,(H,26,27,29,30). The van der Waals surface area contributed by atoms with E-state index in [2.05, 4.69) is 76.4 Å². The van der Waals surface area contributed by atoms with Crippen molar-refractivity contribution >= 4 is 0 Å². The Morgan fingerprint density at radius 1 is 1.00 bits per heavy atom. The Labute approximate surface area is 182 Å². The summed E-state index contributed by atoms with van der Waals surface area (Å²) in [5.41, 5.74) is 4.39. The van der Waals surface area contributed by atoms with E-state index in [-0.39, 0.29) is 0 Å². The first kappa shape index (κ1) is 20.9. The van der Waals surface area contributed by atoms with Crippen molar-refractivity contribution in [2.24, 2.45) is 0 Å². The normalized spacial score (nSPS) is 12.2. The molecule has 0 bridgehead atoms. The Morgan fingerprint density at radius 3 is 2.45 bits per heavy atom. The first-order valence-electron chi connectivity index (χ1n) is 11.1. The van der Waals surface area contributed by atoms with Crippen molar-refractivity contribution in [1.29, 1.82) is 0 Å². The summed E-state index contributed by atoms with van der Waals surface area (Å²) in [6.45, 7) is 6.60. The zero-order chi connectivity index (χ0) is 21.6. The van der Waals surface area contributed by atoms with E-state index in [1.807, 2.05) is 18.2 Å². The maximum absolute atomic E-state index is 4.87. The number of aryl methyl sites for hydroxylation is 1. The van der Waals surface area contributed by atoms with Gasteiger partial charge in [-0.2, -0.15) is 10.3 Å². The van der Waals surface area contributed by atoms with Crippen LogP contribution in [0.25, 0.3) is 22.5 Å².